The zero-order valence-electron chi connectivity index (χ0n) is 8.87. The molecule has 1 aliphatic rings. The third-order valence-corrected chi connectivity index (χ3v) is 3.70. The van der Waals surface area contributed by atoms with Crippen molar-refractivity contribution in [3.8, 4) is 0 Å². The summed E-state index contributed by atoms with van der Waals surface area (Å²) in [5, 5.41) is 0. The second-order valence-electron chi connectivity index (χ2n) is 3.56. The molecule has 0 bridgehead atoms. The van der Waals surface area contributed by atoms with E-state index in [4.69, 9.17) is 5.73 Å². The van der Waals surface area contributed by atoms with Gasteiger partial charge in [-0.05, 0) is 31.3 Å². The Hall–Kier alpha value is -0.220. The first kappa shape index (κ1) is 11.9. The van der Waals surface area contributed by atoms with Crippen LogP contribution in [0.3, 0.4) is 0 Å². The van der Waals surface area contributed by atoms with Gasteiger partial charge in [-0.3, -0.25) is 4.79 Å². The maximum Gasteiger partial charge on any atom is 0.224 e. The molecular weight excluding hydrogens is 196 g/mol. The summed E-state index contributed by atoms with van der Waals surface area (Å²) in [6, 6.07) is 0.472. The van der Waals surface area contributed by atoms with Crippen LogP contribution in [0.2, 0.25) is 0 Å². The quantitative estimate of drug-likeness (QED) is 0.765. The number of nitrogens with zero attached hydrogens (tertiary/aromatic N) is 1. The van der Waals surface area contributed by atoms with Crippen molar-refractivity contribution in [2.45, 2.75) is 32.2 Å². The summed E-state index contributed by atoms with van der Waals surface area (Å²) >= 11 is 1.99. The molecule has 82 valence electrons. The Balaban J connectivity index is 2.46. The molecule has 0 unspecified atom stereocenters. The van der Waals surface area contributed by atoms with E-state index in [1.54, 1.807) is 0 Å². The molecule has 1 heterocycles. The third kappa shape index (κ3) is 3.17. The number of rotatable bonds is 4. The van der Waals surface area contributed by atoms with Crippen molar-refractivity contribution in [2.24, 2.45) is 5.73 Å². The monoisotopic (exact) mass is 216 g/mol. The van der Waals surface area contributed by atoms with Crippen molar-refractivity contribution in [3.05, 3.63) is 0 Å². The van der Waals surface area contributed by atoms with Crippen molar-refractivity contribution in [1.82, 2.24) is 4.90 Å². The van der Waals surface area contributed by atoms with E-state index in [-0.39, 0.29) is 5.91 Å². The zero-order chi connectivity index (χ0) is 10.4. The number of thioether (sulfide) groups is 1. The second-order valence-corrected chi connectivity index (χ2v) is 4.79. The van der Waals surface area contributed by atoms with E-state index in [0.29, 0.717) is 19.0 Å². The first-order valence-corrected chi connectivity index (χ1v) is 6.52. The minimum atomic E-state index is 0.229. The summed E-state index contributed by atoms with van der Waals surface area (Å²) in [6.07, 6.45) is 2.79. The Morgan fingerprint density at radius 3 is 2.64 bits per heavy atom. The first-order chi connectivity index (χ1) is 6.79. The lowest BCUT2D eigenvalue weighted by molar-refractivity contribution is -0.133. The van der Waals surface area contributed by atoms with Crippen LogP contribution in [0.1, 0.15) is 26.2 Å². The largest absolute Gasteiger partial charge is 0.340 e. The summed E-state index contributed by atoms with van der Waals surface area (Å²) in [7, 11) is 0. The van der Waals surface area contributed by atoms with Gasteiger partial charge in [-0.15, -0.1) is 0 Å². The smallest absolute Gasteiger partial charge is 0.224 e. The fourth-order valence-electron chi connectivity index (χ4n) is 1.90. The van der Waals surface area contributed by atoms with E-state index in [2.05, 4.69) is 6.92 Å². The minimum absolute atomic E-state index is 0.229. The topological polar surface area (TPSA) is 46.3 Å². The fraction of sp³-hybridized carbons (Fsp3) is 0.900. The van der Waals surface area contributed by atoms with Crippen molar-refractivity contribution in [3.63, 3.8) is 0 Å². The van der Waals surface area contributed by atoms with Gasteiger partial charge < -0.3 is 10.6 Å². The molecule has 4 heteroatoms. The second kappa shape index (κ2) is 6.30. The Labute approximate surface area is 90.4 Å². The highest BCUT2D eigenvalue weighted by Crippen LogP contribution is 2.21. The maximum absolute atomic E-state index is 11.7. The van der Waals surface area contributed by atoms with Crippen LogP contribution in [-0.4, -0.2) is 41.4 Å². The highest BCUT2D eigenvalue weighted by atomic mass is 32.2. The summed E-state index contributed by atoms with van der Waals surface area (Å²) < 4.78 is 0. The Bertz CT molecular complexity index is 181. The molecule has 0 aromatic rings. The van der Waals surface area contributed by atoms with E-state index in [9.17, 15) is 4.79 Å². The molecule has 3 nitrogen and oxygen atoms in total. The predicted octanol–water partition coefficient (Wildman–Crippen LogP) is 1.08. The van der Waals surface area contributed by atoms with Crippen LogP contribution in [0.25, 0.3) is 0 Å². The van der Waals surface area contributed by atoms with E-state index >= 15 is 0 Å². The summed E-state index contributed by atoms with van der Waals surface area (Å²) in [5.41, 5.74) is 5.40. The van der Waals surface area contributed by atoms with E-state index in [1.807, 2.05) is 16.7 Å². The first-order valence-electron chi connectivity index (χ1n) is 5.36. The molecule has 0 saturated carbocycles. The molecule has 1 saturated heterocycles. The van der Waals surface area contributed by atoms with Gasteiger partial charge >= 0.3 is 0 Å². The van der Waals surface area contributed by atoms with Crippen LogP contribution >= 0.6 is 11.8 Å². The molecule has 0 aromatic heterocycles. The molecule has 0 spiro atoms. The number of carbonyl (C=O) groups is 1. The average Bonchev–Trinajstić information content (AvgIpc) is 2.21. The lowest BCUT2D eigenvalue weighted by Crippen LogP contribution is -2.42. The lowest BCUT2D eigenvalue weighted by Gasteiger charge is -2.33. The van der Waals surface area contributed by atoms with Gasteiger partial charge in [-0.1, -0.05) is 0 Å². The zero-order valence-corrected chi connectivity index (χ0v) is 9.68. The van der Waals surface area contributed by atoms with Crippen LogP contribution < -0.4 is 5.73 Å². The molecule has 14 heavy (non-hydrogen) atoms. The predicted molar refractivity (Wildman–Crippen MR) is 61.4 cm³/mol. The van der Waals surface area contributed by atoms with Gasteiger partial charge in [0.1, 0.15) is 0 Å². The summed E-state index contributed by atoms with van der Waals surface area (Å²) in [4.78, 5) is 13.7. The average molecular weight is 216 g/mol. The Morgan fingerprint density at radius 2 is 2.14 bits per heavy atom. The summed E-state index contributed by atoms with van der Waals surface area (Å²) in [6.45, 7) is 3.35. The lowest BCUT2D eigenvalue weighted by atomic mass is 10.1. The molecule has 0 atom stereocenters. The molecule has 1 amide bonds. The van der Waals surface area contributed by atoms with E-state index < -0.39 is 0 Å². The molecule has 0 radical (unpaired) electrons. The van der Waals surface area contributed by atoms with Gasteiger partial charge in [0.2, 0.25) is 5.91 Å². The molecule has 2 N–H and O–H groups in total. The molecule has 1 aliphatic heterocycles. The van der Waals surface area contributed by atoms with Crippen LogP contribution in [-0.2, 0) is 4.79 Å². The molecule has 1 rings (SSSR count). The van der Waals surface area contributed by atoms with Gasteiger partial charge in [-0.2, -0.15) is 11.8 Å². The number of carbonyl (C=O) groups excluding carboxylic acids is 1. The Morgan fingerprint density at radius 1 is 1.50 bits per heavy atom. The molecule has 1 fully saturated rings. The summed E-state index contributed by atoms with van der Waals surface area (Å²) in [5.74, 6) is 2.61. The molecule has 0 aromatic carbocycles. The maximum atomic E-state index is 11.7. The van der Waals surface area contributed by atoms with Gasteiger partial charge in [0.25, 0.3) is 0 Å². The highest BCUT2D eigenvalue weighted by Gasteiger charge is 2.23. The van der Waals surface area contributed by atoms with Crippen LogP contribution in [0.15, 0.2) is 0 Å². The van der Waals surface area contributed by atoms with Gasteiger partial charge in [0, 0.05) is 25.6 Å². The number of nitrogens with two attached hydrogens (primary N) is 1. The normalized spacial score (nSPS) is 18.1. The fourth-order valence-corrected chi connectivity index (χ4v) is 2.98. The van der Waals surface area contributed by atoms with Gasteiger partial charge in [0.15, 0.2) is 0 Å². The van der Waals surface area contributed by atoms with Crippen LogP contribution in [0.4, 0.5) is 0 Å². The van der Waals surface area contributed by atoms with Crippen molar-refractivity contribution < 1.29 is 4.79 Å². The number of amides is 1. The molecular formula is C10H20N2OS. The van der Waals surface area contributed by atoms with Gasteiger partial charge in [0.05, 0.1) is 0 Å². The number of hydrogen-bond donors (Lipinski definition) is 1. The van der Waals surface area contributed by atoms with Crippen LogP contribution in [0.5, 0.6) is 0 Å². The van der Waals surface area contributed by atoms with Crippen molar-refractivity contribution in [1.29, 1.82) is 0 Å². The van der Waals surface area contributed by atoms with Crippen molar-refractivity contribution in [2.75, 3.05) is 24.6 Å². The minimum Gasteiger partial charge on any atom is -0.340 e. The highest BCUT2D eigenvalue weighted by molar-refractivity contribution is 7.99. The van der Waals surface area contributed by atoms with Crippen molar-refractivity contribution >= 4 is 17.7 Å². The van der Waals surface area contributed by atoms with Gasteiger partial charge in [-0.25, -0.2) is 0 Å². The number of hydrogen-bond acceptors (Lipinski definition) is 3. The molecule has 0 aliphatic carbocycles. The standard InChI is InChI=1S/C10H20N2OS/c1-2-12(10(13)3-6-11)9-4-7-14-8-5-9/h9H,2-8,11H2,1H3. The third-order valence-electron chi connectivity index (χ3n) is 2.65. The SMILES string of the molecule is CCN(C(=O)CCN)C1CCSCC1. The van der Waals surface area contributed by atoms with Crippen LogP contribution in [0, 0.1) is 0 Å². The van der Waals surface area contributed by atoms with E-state index in [0.717, 1.165) is 19.4 Å². The van der Waals surface area contributed by atoms with E-state index in [1.165, 1.54) is 11.5 Å². The Kier molecular flexibility index (Phi) is 5.33.